The third-order valence-corrected chi connectivity index (χ3v) is 7.79. The predicted octanol–water partition coefficient (Wildman–Crippen LogP) is 4.08. The van der Waals surface area contributed by atoms with E-state index in [4.69, 9.17) is 19.1 Å². The second-order valence-electron chi connectivity index (χ2n) is 8.72. The number of nitrogens with one attached hydrogen (secondary N) is 2. The summed E-state index contributed by atoms with van der Waals surface area (Å²) >= 11 is 1.88. The van der Waals surface area contributed by atoms with Crippen LogP contribution in [0.5, 0.6) is 0 Å². The summed E-state index contributed by atoms with van der Waals surface area (Å²) in [6.07, 6.45) is 6.89. The number of piperidine rings is 1. The molecule has 0 spiro atoms. The first-order valence-electron chi connectivity index (χ1n) is 11.6. The van der Waals surface area contributed by atoms with Crippen molar-refractivity contribution >= 4 is 23.5 Å². The lowest BCUT2D eigenvalue weighted by molar-refractivity contribution is 0.0903. The molecular weight excluding hydrogens is 424 g/mol. The predicted molar refractivity (Wildman–Crippen MR) is 124 cm³/mol. The lowest BCUT2D eigenvalue weighted by atomic mass is 9.93. The molecule has 0 unspecified atom stereocenters. The van der Waals surface area contributed by atoms with Gasteiger partial charge in [0.2, 0.25) is 5.95 Å². The molecule has 3 aromatic rings. The van der Waals surface area contributed by atoms with E-state index in [1.54, 1.807) is 6.26 Å². The molecular formula is C23H28N6O2S. The minimum atomic E-state index is 0.436. The van der Waals surface area contributed by atoms with Crippen molar-refractivity contribution in [3.63, 3.8) is 0 Å². The molecule has 3 aliphatic rings. The number of fused-ring (bicyclic) bond motifs is 1. The highest BCUT2D eigenvalue weighted by atomic mass is 32.2. The van der Waals surface area contributed by atoms with Crippen LogP contribution >= 0.6 is 11.8 Å². The third kappa shape index (κ3) is 3.99. The van der Waals surface area contributed by atoms with Crippen LogP contribution in [0.4, 0.5) is 11.8 Å². The average molecular weight is 453 g/mol. The topological polar surface area (TPSA) is 92.1 Å². The summed E-state index contributed by atoms with van der Waals surface area (Å²) < 4.78 is 11.0. The molecule has 3 aliphatic heterocycles. The quantitative estimate of drug-likeness (QED) is 0.598. The van der Waals surface area contributed by atoms with Gasteiger partial charge in [-0.3, -0.25) is 5.10 Å². The number of nitrogens with zero attached hydrogens (tertiary/aromatic N) is 4. The van der Waals surface area contributed by atoms with Gasteiger partial charge in [0.25, 0.3) is 0 Å². The van der Waals surface area contributed by atoms with Crippen molar-refractivity contribution in [3.05, 3.63) is 35.9 Å². The third-order valence-electron chi connectivity index (χ3n) is 6.66. The normalized spacial score (nSPS) is 19.9. The molecule has 6 heterocycles. The highest BCUT2D eigenvalue weighted by molar-refractivity contribution is 7.99. The number of hydrogen-bond acceptors (Lipinski definition) is 8. The Labute approximate surface area is 191 Å². The highest BCUT2D eigenvalue weighted by Crippen LogP contribution is 2.38. The smallest absolute Gasteiger partial charge is 0.227 e. The maximum absolute atomic E-state index is 5.52. The minimum Gasteiger partial charge on any atom is -0.463 e. The van der Waals surface area contributed by atoms with Crippen molar-refractivity contribution in [1.29, 1.82) is 0 Å². The summed E-state index contributed by atoms with van der Waals surface area (Å²) in [4.78, 5) is 13.6. The molecule has 2 saturated heterocycles. The SMILES string of the molecule is c1coc(-c2cc(C3CCN(c4nc5c(c(NC6CCOCC6)n4)SCC5)CC3)[nH]n2)c1. The number of ether oxygens (including phenoxy) is 1. The first kappa shape index (κ1) is 20.1. The number of aryl methyl sites for hydroxylation is 1. The zero-order valence-electron chi connectivity index (χ0n) is 18.0. The Morgan fingerprint density at radius 3 is 2.81 bits per heavy atom. The second-order valence-corrected chi connectivity index (χ2v) is 9.83. The van der Waals surface area contributed by atoms with Crippen molar-refractivity contribution in [1.82, 2.24) is 20.2 Å². The number of anilines is 2. The van der Waals surface area contributed by atoms with E-state index in [0.717, 1.165) is 87.4 Å². The molecule has 0 radical (unpaired) electrons. The van der Waals surface area contributed by atoms with E-state index in [2.05, 4.69) is 26.5 Å². The van der Waals surface area contributed by atoms with Gasteiger partial charge in [0.05, 0.1) is 16.9 Å². The molecule has 0 atom stereocenters. The van der Waals surface area contributed by atoms with Crippen molar-refractivity contribution in [2.75, 3.05) is 42.3 Å². The van der Waals surface area contributed by atoms with Gasteiger partial charge in [-0.15, -0.1) is 11.8 Å². The number of H-pyrrole nitrogens is 1. The summed E-state index contributed by atoms with van der Waals surface area (Å²) in [5.74, 6) is 4.26. The summed E-state index contributed by atoms with van der Waals surface area (Å²) in [6.45, 7) is 3.55. The Morgan fingerprint density at radius 2 is 2.00 bits per heavy atom. The monoisotopic (exact) mass is 452 g/mol. The first-order valence-corrected chi connectivity index (χ1v) is 12.5. The van der Waals surface area contributed by atoms with E-state index >= 15 is 0 Å². The maximum Gasteiger partial charge on any atom is 0.227 e. The largest absolute Gasteiger partial charge is 0.463 e. The van der Waals surface area contributed by atoms with Crippen LogP contribution in [-0.4, -0.2) is 58.3 Å². The molecule has 168 valence electrons. The Hall–Kier alpha value is -2.52. The number of hydrogen-bond donors (Lipinski definition) is 2. The van der Waals surface area contributed by atoms with E-state index in [1.807, 2.05) is 23.9 Å². The molecule has 0 aliphatic carbocycles. The van der Waals surface area contributed by atoms with E-state index in [-0.39, 0.29) is 0 Å². The van der Waals surface area contributed by atoms with Gasteiger partial charge >= 0.3 is 0 Å². The van der Waals surface area contributed by atoms with Crippen molar-refractivity contribution < 1.29 is 9.15 Å². The highest BCUT2D eigenvalue weighted by Gasteiger charge is 2.28. The van der Waals surface area contributed by atoms with Gasteiger partial charge < -0.3 is 19.4 Å². The number of rotatable bonds is 5. The molecule has 9 heteroatoms. The molecule has 0 bridgehead atoms. The van der Waals surface area contributed by atoms with Crippen LogP contribution in [0, 0.1) is 0 Å². The molecule has 0 saturated carbocycles. The molecule has 8 nitrogen and oxygen atoms in total. The lowest BCUT2D eigenvalue weighted by Crippen LogP contribution is -2.35. The standard InChI is InChI=1S/C23H28N6O2S/c1-2-20(31-10-1)19-14-18(27-28-19)15-3-8-29(9-4-15)23-25-17-7-13-32-21(17)22(26-23)24-16-5-11-30-12-6-16/h1-2,10,14-16H,3-9,11-13H2,(H,27,28)(H,24,25,26). The Morgan fingerprint density at radius 1 is 1.12 bits per heavy atom. The fourth-order valence-corrected chi connectivity index (χ4v) is 5.87. The average Bonchev–Trinajstić information content (AvgIpc) is 3.61. The fourth-order valence-electron chi connectivity index (χ4n) is 4.82. The number of thioether (sulfide) groups is 1. The Balaban J connectivity index is 1.16. The summed E-state index contributed by atoms with van der Waals surface area (Å²) in [5.41, 5.74) is 3.26. The molecule has 2 fully saturated rings. The van der Waals surface area contributed by atoms with E-state index in [1.165, 1.54) is 16.3 Å². The van der Waals surface area contributed by atoms with Gasteiger partial charge in [-0.05, 0) is 43.9 Å². The molecule has 3 aromatic heterocycles. The van der Waals surface area contributed by atoms with E-state index in [0.29, 0.717) is 12.0 Å². The second kappa shape index (κ2) is 8.78. The van der Waals surface area contributed by atoms with Crippen LogP contribution < -0.4 is 10.2 Å². The molecule has 32 heavy (non-hydrogen) atoms. The van der Waals surface area contributed by atoms with Gasteiger partial charge in [-0.2, -0.15) is 10.1 Å². The fraction of sp³-hybridized carbons (Fsp3) is 0.522. The van der Waals surface area contributed by atoms with E-state index in [9.17, 15) is 0 Å². The molecule has 0 aromatic carbocycles. The minimum absolute atomic E-state index is 0.436. The molecule has 6 rings (SSSR count). The van der Waals surface area contributed by atoms with Gasteiger partial charge in [0, 0.05) is 56.1 Å². The van der Waals surface area contributed by atoms with Gasteiger partial charge in [0.15, 0.2) is 5.76 Å². The first-order chi connectivity index (χ1) is 15.8. The summed E-state index contributed by atoms with van der Waals surface area (Å²) in [7, 11) is 0. The zero-order valence-corrected chi connectivity index (χ0v) is 18.9. The Bertz CT molecular complexity index is 1050. The zero-order chi connectivity index (χ0) is 21.3. The molecule has 2 N–H and O–H groups in total. The van der Waals surface area contributed by atoms with Crippen LogP contribution in [0.15, 0.2) is 33.8 Å². The van der Waals surface area contributed by atoms with Gasteiger partial charge in [-0.25, -0.2) is 4.98 Å². The number of aromatic amines is 1. The van der Waals surface area contributed by atoms with Crippen molar-refractivity contribution in [3.8, 4) is 11.5 Å². The van der Waals surface area contributed by atoms with Gasteiger partial charge in [0.1, 0.15) is 11.5 Å². The van der Waals surface area contributed by atoms with Crippen molar-refractivity contribution in [2.45, 2.75) is 49.0 Å². The van der Waals surface area contributed by atoms with Crippen LogP contribution in [0.25, 0.3) is 11.5 Å². The summed E-state index contributed by atoms with van der Waals surface area (Å²) in [5, 5.41) is 11.4. The van der Waals surface area contributed by atoms with E-state index < -0.39 is 0 Å². The summed E-state index contributed by atoms with van der Waals surface area (Å²) in [6, 6.07) is 6.39. The lowest BCUT2D eigenvalue weighted by Gasteiger charge is -2.32. The number of aromatic nitrogens is 4. The van der Waals surface area contributed by atoms with Crippen LogP contribution in [0.1, 0.15) is 43.0 Å². The van der Waals surface area contributed by atoms with Crippen LogP contribution in [0.3, 0.4) is 0 Å². The van der Waals surface area contributed by atoms with Crippen LogP contribution in [-0.2, 0) is 11.2 Å². The number of furan rings is 1. The maximum atomic E-state index is 5.52. The van der Waals surface area contributed by atoms with Crippen molar-refractivity contribution in [2.24, 2.45) is 0 Å². The van der Waals surface area contributed by atoms with Gasteiger partial charge in [-0.1, -0.05) is 0 Å². The Kier molecular flexibility index (Phi) is 5.52. The molecule has 0 amide bonds. The van der Waals surface area contributed by atoms with Crippen LogP contribution in [0.2, 0.25) is 0 Å².